The van der Waals surface area contributed by atoms with Crippen LogP contribution in [0.2, 0.25) is 0 Å². The van der Waals surface area contributed by atoms with Gasteiger partial charge < -0.3 is 14.0 Å². The Balaban J connectivity index is 1.50. The molecule has 0 unspecified atom stereocenters. The van der Waals surface area contributed by atoms with Crippen LogP contribution in [0.4, 0.5) is 0 Å². The topological polar surface area (TPSA) is 79.4 Å². The third kappa shape index (κ3) is 3.85. The monoisotopic (exact) mass is 456 g/mol. The predicted octanol–water partition coefficient (Wildman–Crippen LogP) is 4.80. The number of ether oxygens (including phenoxy) is 2. The maximum absolute atomic E-state index is 5.80. The lowest BCUT2D eigenvalue weighted by molar-refractivity contribution is 0.287. The second kappa shape index (κ2) is 9.13. The van der Waals surface area contributed by atoms with Crippen molar-refractivity contribution in [2.45, 2.75) is 40.7 Å². The molecule has 0 N–H and O–H groups in total. The van der Waals surface area contributed by atoms with Gasteiger partial charge in [-0.25, -0.2) is 14.5 Å². The average molecular weight is 457 g/mol. The third-order valence-electron chi connectivity index (χ3n) is 6.12. The first-order valence-electron chi connectivity index (χ1n) is 11.6. The molecule has 0 saturated heterocycles. The number of benzene rings is 1. The van der Waals surface area contributed by atoms with E-state index in [0.29, 0.717) is 19.0 Å². The minimum absolute atomic E-state index is 0.601. The van der Waals surface area contributed by atoms with Gasteiger partial charge in [0.2, 0.25) is 0 Å². The Morgan fingerprint density at radius 2 is 1.68 bits per heavy atom. The molecule has 0 amide bonds. The number of aromatic nitrogens is 6. The van der Waals surface area contributed by atoms with Gasteiger partial charge in [0.05, 0.1) is 18.6 Å². The first-order valence-corrected chi connectivity index (χ1v) is 11.6. The fourth-order valence-corrected chi connectivity index (χ4v) is 4.32. The Hall–Kier alpha value is -3.94. The van der Waals surface area contributed by atoms with Crippen molar-refractivity contribution in [3.63, 3.8) is 0 Å². The third-order valence-corrected chi connectivity index (χ3v) is 6.12. The molecule has 0 saturated carbocycles. The standard InChI is InChI=1S/C26H28N6O2/c1-5-33-21-8-7-19(15-22(21)34-6-2)11-14-31-18(4)17(3)23-25(31)28-16-32-26(23)29-24(30-32)20-9-12-27-13-10-20/h7-10,12-13,15-16H,5-6,11,14H2,1-4H3. The maximum atomic E-state index is 5.80. The van der Waals surface area contributed by atoms with Crippen LogP contribution in [-0.4, -0.2) is 42.3 Å². The molecular weight excluding hydrogens is 428 g/mol. The summed E-state index contributed by atoms with van der Waals surface area (Å²) in [6, 6.07) is 10.0. The van der Waals surface area contributed by atoms with Crippen molar-refractivity contribution in [1.82, 2.24) is 29.1 Å². The summed E-state index contributed by atoms with van der Waals surface area (Å²) in [4.78, 5) is 13.7. The fraction of sp³-hybridized carbons (Fsp3) is 0.308. The van der Waals surface area contributed by atoms with Gasteiger partial charge in [-0.3, -0.25) is 4.98 Å². The van der Waals surface area contributed by atoms with Gasteiger partial charge in [0.1, 0.15) is 12.0 Å². The summed E-state index contributed by atoms with van der Waals surface area (Å²) in [5.41, 5.74) is 6.21. The Labute approximate surface area is 198 Å². The van der Waals surface area contributed by atoms with Crippen molar-refractivity contribution in [2.75, 3.05) is 13.2 Å². The summed E-state index contributed by atoms with van der Waals surface area (Å²) in [6.07, 6.45) is 6.09. The van der Waals surface area contributed by atoms with Crippen LogP contribution in [0.15, 0.2) is 49.1 Å². The lowest BCUT2D eigenvalue weighted by Crippen LogP contribution is -2.05. The molecule has 0 spiro atoms. The molecule has 4 aromatic heterocycles. The van der Waals surface area contributed by atoms with E-state index in [1.54, 1.807) is 23.2 Å². The van der Waals surface area contributed by atoms with Gasteiger partial charge in [0.15, 0.2) is 23.0 Å². The van der Waals surface area contributed by atoms with E-state index in [9.17, 15) is 0 Å². The SMILES string of the molecule is CCOc1ccc(CCn2c(C)c(C)c3c2ncn2nc(-c4ccncc4)nc32)cc1OCC. The van der Waals surface area contributed by atoms with Gasteiger partial charge >= 0.3 is 0 Å². The van der Waals surface area contributed by atoms with Gasteiger partial charge in [-0.05, 0) is 69.5 Å². The van der Waals surface area contributed by atoms with Gasteiger partial charge in [0.25, 0.3) is 0 Å². The van der Waals surface area contributed by atoms with Crippen LogP contribution < -0.4 is 9.47 Å². The van der Waals surface area contributed by atoms with Gasteiger partial charge in [-0.1, -0.05) is 6.07 Å². The molecule has 0 aliphatic carbocycles. The molecule has 34 heavy (non-hydrogen) atoms. The summed E-state index contributed by atoms with van der Waals surface area (Å²) >= 11 is 0. The summed E-state index contributed by atoms with van der Waals surface area (Å²) < 4.78 is 15.5. The molecule has 0 fully saturated rings. The molecule has 5 rings (SSSR count). The number of pyridine rings is 1. The van der Waals surface area contributed by atoms with Crippen molar-refractivity contribution in [2.24, 2.45) is 0 Å². The van der Waals surface area contributed by atoms with Crippen LogP contribution >= 0.6 is 0 Å². The highest BCUT2D eigenvalue weighted by Crippen LogP contribution is 2.31. The van der Waals surface area contributed by atoms with E-state index < -0.39 is 0 Å². The minimum Gasteiger partial charge on any atom is -0.490 e. The normalized spacial score (nSPS) is 11.4. The van der Waals surface area contributed by atoms with Gasteiger partial charge in [-0.2, -0.15) is 0 Å². The molecule has 174 valence electrons. The van der Waals surface area contributed by atoms with Crippen LogP contribution in [0, 0.1) is 13.8 Å². The fourth-order valence-electron chi connectivity index (χ4n) is 4.32. The minimum atomic E-state index is 0.601. The molecule has 5 aromatic rings. The van der Waals surface area contributed by atoms with E-state index >= 15 is 0 Å². The van der Waals surface area contributed by atoms with E-state index in [0.717, 1.165) is 46.7 Å². The summed E-state index contributed by atoms with van der Waals surface area (Å²) in [6.45, 7) is 10.2. The van der Waals surface area contributed by atoms with Crippen LogP contribution in [0.5, 0.6) is 11.5 Å². The van der Waals surface area contributed by atoms with Gasteiger partial charge in [0, 0.05) is 30.2 Å². The highest BCUT2D eigenvalue weighted by atomic mass is 16.5. The van der Waals surface area contributed by atoms with E-state index in [2.05, 4.69) is 40.6 Å². The molecule has 0 bridgehead atoms. The lowest BCUT2D eigenvalue weighted by atomic mass is 10.1. The molecule has 4 heterocycles. The first-order chi connectivity index (χ1) is 16.6. The Morgan fingerprint density at radius 3 is 2.44 bits per heavy atom. The molecule has 8 heteroatoms. The van der Waals surface area contributed by atoms with Crippen molar-refractivity contribution in [3.05, 3.63) is 65.9 Å². The smallest absolute Gasteiger partial charge is 0.182 e. The van der Waals surface area contributed by atoms with Crippen molar-refractivity contribution in [1.29, 1.82) is 0 Å². The Bertz CT molecular complexity index is 1460. The predicted molar refractivity (Wildman–Crippen MR) is 131 cm³/mol. The number of rotatable bonds is 8. The largest absolute Gasteiger partial charge is 0.490 e. The van der Waals surface area contributed by atoms with Crippen LogP contribution in [-0.2, 0) is 13.0 Å². The van der Waals surface area contributed by atoms with Crippen molar-refractivity contribution >= 4 is 16.7 Å². The van der Waals surface area contributed by atoms with Gasteiger partial charge in [-0.15, -0.1) is 5.10 Å². The highest BCUT2D eigenvalue weighted by molar-refractivity contribution is 5.94. The second-order valence-corrected chi connectivity index (χ2v) is 8.14. The van der Waals surface area contributed by atoms with E-state index in [4.69, 9.17) is 19.4 Å². The van der Waals surface area contributed by atoms with E-state index in [-0.39, 0.29) is 0 Å². The quantitative estimate of drug-likeness (QED) is 0.334. The molecule has 0 atom stereocenters. The summed E-state index contributed by atoms with van der Waals surface area (Å²) in [5.74, 6) is 2.24. The summed E-state index contributed by atoms with van der Waals surface area (Å²) in [7, 11) is 0. The highest BCUT2D eigenvalue weighted by Gasteiger charge is 2.18. The Kier molecular flexibility index (Phi) is 5.88. The summed E-state index contributed by atoms with van der Waals surface area (Å²) in [5, 5.41) is 5.67. The molecule has 0 aliphatic rings. The number of nitrogens with zero attached hydrogens (tertiary/aromatic N) is 6. The van der Waals surface area contributed by atoms with Crippen LogP contribution in [0.1, 0.15) is 30.7 Å². The number of hydrogen-bond acceptors (Lipinski definition) is 6. The van der Waals surface area contributed by atoms with Crippen LogP contribution in [0.3, 0.4) is 0 Å². The molecule has 8 nitrogen and oxygen atoms in total. The lowest BCUT2D eigenvalue weighted by Gasteiger charge is -2.13. The first kappa shape index (κ1) is 21.9. The molecular formula is C26H28N6O2. The average Bonchev–Trinajstić information content (AvgIpc) is 3.39. The zero-order valence-electron chi connectivity index (χ0n) is 19.9. The Morgan fingerprint density at radius 1 is 0.912 bits per heavy atom. The van der Waals surface area contributed by atoms with E-state index in [1.807, 2.05) is 32.0 Å². The zero-order valence-corrected chi connectivity index (χ0v) is 19.9. The maximum Gasteiger partial charge on any atom is 0.182 e. The number of fused-ring (bicyclic) bond motifs is 3. The second-order valence-electron chi connectivity index (χ2n) is 8.14. The zero-order chi connectivity index (χ0) is 23.7. The molecule has 1 aromatic carbocycles. The van der Waals surface area contributed by atoms with Crippen molar-refractivity contribution in [3.8, 4) is 22.9 Å². The molecule has 0 radical (unpaired) electrons. The van der Waals surface area contributed by atoms with E-state index in [1.165, 1.54) is 16.8 Å². The molecule has 0 aliphatic heterocycles. The van der Waals surface area contributed by atoms with Crippen molar-refractivity contribution < 1.29 is 9.47 Å². The number of aryl methyl sites for hydroxylation is 3. The van der Waals surface area contributed by atoms with Crippen LogP contribution in [0.25, 0.3) is 28.1 Å². The number of hydrogen-bond donors (Lipinski definition) is 0.